The number of nitrogens with one attached hydrogen (secondary N) is 1. The third-order valence-corrected chi connectivity index (χ3v) is 4.00. The van der Waals surface area contributed by atoms with Crippen LogP contribution in [0, 0.1) is 11.8 Å². The van der Waals surface area contributed by atoms with Crippen LogP contribution in [-0.2, 0) is 4.79 Å². The molecule has 1 aliphatic rings. The van der Waals surface area contributed by atoms with Crippen LogP contribution < -0.4 is 5.32 Å². The first-order valence-electron chi connectivity index (χ1n) is 6.46. The van der Waals surface area contributed by atoms with Gasteiger partial charge in [-0.2, -0.15) is 0 Å². The quantitative estimate of drug-likeness (QED) is 0.759. The lowest BCUT2D eigenvalue weighted by molar-refractivity contribution is -0.139. The van der Waals surface area contributed by atoms with Crippen molar-refractivity contribution in [2.24, 2.45) is 11.8 Å². The van der Waals surface area contributed by atoms with Crippen LogP contribution in [0.4, 0.5) is 0 Å². The predicted octanol–water partition coefficient (Wildman–Crippen LogP) is 2.66. The minimum Gasteiger partial charge on any atom is -0.481 e. The fourth-order valence-corrected chi connectivity index (χ4v) is 2.77. The van der Waals surface area contributed by atoms with Gasteiger partial charge in [0.15, 0.2) is 0 Å². The van der Waals surface area contributed by atoms with Crippen molar-refractivity contribution in [3.63, 3.8) is 0 Å². The van der Waals surface area contributed by atoms with Gasteiger partial charge in [-0.25, -0.2) is 0 Å². The second-order valence-electron chi connectivity index (χ2n) is 5.47. The normalized spacial score (nSPS) is 34.9. The Morgan fingerprint density at radius 2 is 2.12 bits per heavy atom. The van der Waals surface area contributed by atoms with E-state index >= 15 is 0 Å². The highest BCUT2D eigenvalue weighted by atomic mass is 16.4. The largest absolute Gasteiger partial charge is 0.481 e. The Labute approximate surface area is 98.6 Å². The molecule has 0 aromatic carbocycles. The van der Waals surface area contributed by atoms with Crippen molar-refractivity contribution in [2.45, 2.75) is 58.4 Å². The number of carboxylic acid groups (broad SMARTS) is 1. The minimum absolute atomic E-state index is 0.145. The lowest BCUT2D eigenvalue weighted by Gasteiger charge is -2.43. The topological polar surface area (TPSA) is 49.3 Å². The maximum Gasteiger partial charge on any atom is 0.305 e. The zero-order valence-corrected chi connectivity index (χ0v) is 10.8. The van der Waals surface area contributed by atoms with E-state index in [4.69, 9.17) is 5.11 Å². The highest BCUT2D eigenvalue weighted by Crippen LogP contribution is 2.38. The van der Waals surface area contributed by atoms with E-state index in [-0.39, 0.29) is 12.0 Å². The number of carboxylic acids is 1. The molecule has 2 N–H and O–H groups in total. The summed E-state index contributed by atoms with van der Waals surface area (Å²) in [5, 5.41) is 12.5. The van der Waals surface area contributed by atoms with Gasteiger partial charge in [0.2, 0.25) is 0 Å². The molecule has 0 aromatic rings. The average molecular weight is 227 g/mol. The van der Waals surface area contributed by atoms with E-state index in [0.29, 0.717) is 5.92 Å². The molecule has 0 heterocycles. The molecule has 0 bridgehead atoms. The molecule has 1 saturated carbocycles. The third kappa shape index (κ3) is 3.48. The van der Waals surface area contributed by atoms with Gasteiger partial charge in [0.05, 0.1) is 6.42 Å². The van der Waals surface area contributed by atoms with Crippen molar-refractivity contribution in [1.82, 2.24) is 5.32 Å². The van der Waals surface area contributed by atoms with E-state index in [2.05, 4.69) is 26.1 Å². The second kappa shape index (κ2) is 5.67. The Hall–Kier alpha value is -0.570. The number of hydrogen-bond acceptors (Lipinski definition) is 2. The van der Waals surface area contributed by atoms with Crippen molar-refractivity contribution in [2.75, 3.05) is 6.54 Å². The maximum absolute atomic E-state index is 11.0. The molecule has 3 nitrogen and oxygen atoms in total. The van der Waals surface area contributed by atoms with E-state index < -0.39 is 5.97 Å². The summed E-state index contributed by atoms with van der Waals surface area (Å²) in [6.07, 6.45) is 4.48. The molecule has 3 heteroatoms. The predicted molar refractivity (Wildman–Crippen MR) is 65.5 cm³/mol. The van der Waals surface area contributed by atoms with Crippen molar-refractivity contribution in [1.29, 1.82) is 0 Å². The van der Waals surface area contributed by atoms with E-state index in [1.165, 1.54) is 0 Å². The van der Waals surface area contributed by atoms with Gasteiger partial charge < -0.3 is 10.4 Å². The average Bonchev–Trinajstić information content (AvgIpc) is 2.20. The van der Waals surface area contributed by atoms with Crippen LogP contribution in [0.3, 0.4) is 0 Å². The molecular weight excluding hydrogens is 202 g/mol. The number of rotatable bonds is 5. The van der Waals surface area contributed by atoms with Crippen LogP contribution in [0.1, 0.15) is 52.9 Å². The van der Waals surface area contributed by atoms with Gasteiger partial charge in [0.1, 0.15) is 0 Å². The number of carbonyl (C=O) groups is 1. The first kappa shape index (κ1) is 13.5. The molecule has 94 valence electrons. The SMILES string of the molecule is CCCNC1(CC(=O)O)CCC(C)C(C)C1. The van der Waals surface area contributed by atoms with Crippen LogP contribution in [0.5, 0.6) is 0 Å². The molecule has 0 aromatic heterocycles. The summed E-state index contributed by atoms with van der Waals surface area (Å²) >= 11 is 0. The molecule has 0 spiro atoms. The number of hydrogen-bond donors (Lipinski definition) is 2. The van der Waals surface area contributed by atoms with E-state index in [1.807, 2.05) is 0 Å². The molecule has 0 saturated heterocycles. The molecule has 0 aliphatic heterocycles. The highest BCUT2D eigenvalue weighted by Gasteiger charge is 2.38. The smallest absolute Gasteiger partial charge is 0.305 e. The maximum atomic E-state index is 11.0. The second-order valence-corrected chi connectivity index (χ2v) is 5.47. The monoisotopic (exact) mass is 227 g/mol. The fraction of sp³-hybridized carbons (Fsp3) is 0.923. The van der Waals surface area contributed by atoms with Crippen LogP contribution in [0.25, 0.3) is 0 Å². The fourth-order valence-electron chi connectivity index (χ4n) is 2.77. The van der Waals surface area contributed by atoms with Crippen LogP contribution >= 0.6 is 0 Å². The summed E-state index contributed by atoms with van der Waals surface area (Å²) in [5.74, 6) is 0.674. The summed E-state index contributed by atoms with van der Waals surface area (Å²) in [6, 6.07) is 0. The molecule has 1 rings (SSSR count). The molecule has 3 atom stereocenters. The summed E-state index contributed by atoms with van der Waals surface area (Å²) in [6.45, 7) is 7.56. The van der Waals surface area contributed by atoms with Gasteiger partial charge in [-0.3, -0.25) is 4.79 Å². The molecule has 0 radical (unpaired) electrons. The third-order valence-electron chi connectivity index (χ3n) is 4.00. The van der Waals surface area contributed by atoms with Crippen LogP contribution in [-0.4, -0.2) is 23.2 Å². The first-order chi connectivity index (χ1) is 7.49. The van der Waals surface area contributed by atoms with Crippen LogP contribution in [0.2, 0.25) is 0 Å². The van der Waals surface area contributed by atoms with Crippen LogP contribution in [0.15, 0.2) is 0 Å². The molecule has 3 unspecified atom stereocenters. The molecular formula is C13H25NO2. The Kier molecular flexibility index (Phi) is 4.78. The number of aliphatic carboxylic acids is 1. The van der Waals surface area contributed by atoms with E-state index in [1.54, 1.807) is 0 Å². The van der Waals surface area contributed by atoms with E-state index in [0.717, 1.165) is 38.1 Å². The van der Waals surface area contributed by atoms with Gasteiger partial charge in [-0.05, 0) is 44.1 Å². The zero-order chi connectivity index (χ0) is 12.2. The first-order valence-corrected chi connectivity index (χ1v) is 6.46. The summed E-state index contributed by atoms with van der Waals surface area (Å²) in [4.78, 5) is 11.0. The molecule has 1 aliphatic carbocycles. The van der Waals surface area contributed by atoms with E-state index in [9.17, 15) is 4.79 Å². The lowest BCUT2D eigenvalue weighted by Crippen LogP contribution is -2.51. The molecule has 16 heavy (non-hydrogen) atoms. The van der Waals surface area contributed by atoms with Gasteiger partial charge in [-0.1, -0.05) is 20.8 Å². The summed E-state index contributed by atoms with van der Waals surface area (Å²) in [7, 11) is 0. The molecule has 1 fully saturated rings. The van der Waals surface area contributed by atoms with Gasteiger partial charge >= 0.3 is 5.97 Å². The Bertz CT molecular complexity index is 238. The summed E-state index contributed by atoms with van der Waals surface area (Å²) < 4.78 is 0. The zero-order valence-electron chi connectivity index (χ0n) is 10.8. The Morgan fingerprint density at radius 1 is 1.44 bits per heavy atom. The van der Waals surface area contributed by atoms with Crippen molar-refractivity contribution in [3.8, 4) is 0 Å². The van der Waals surface area contributed by atoms with Gasteiger partial charge in [-0.15, -0.1) is 0 Å². The van der Waals surface area contributed by atoms with Gasteiger partial charge in [0.25, 0.3) is 0 Å². The van der Waals surface area contributed by atoms with Crippen molar-refractivity contribution < 1.29 is 9.90 Å². The Morgan fingerprint density at radius 3 is 2.62 bits per heavy atom. The Balaban J connectivity index is 2.66. The summed E-state index contributed by atoms with van der Waals surface area (Å²) in [5.41, 5.74) is -0.145. The standard InChI is InChI=1S/C13H25NO2/c1-4-7-14-13(9-12(15)16)6-5-10(2)11(3)8-13/h10-11,14H,4-9H2,1-3H3,(H,15,16). The lowest BCUT2D eigenvalue weighted by atomic mass is 9.70. The highest BCUT2D eigenvalue weighted by molar-refractivity contribution is 5.68. The molecule has 0 amide bonds. The van der Waals surface area contributed by atoms with Crippen molar-refractivity contribution in [3.05, 3.63) is 0 Å². The van der Waals surface area contributed by atoms with Gasteiger partial charge in [0, 0.05) is 5.54 Å². The minimum atomic E-state index is -0.676. The van der Waals surface area contributed by atoms with Crippen molar-refractivity contribution >= 4 is 5.97 Å².